The minimum atomic E-state index is -1.37. The third kappa shape index (κ3) is 4.90. The van der Waals surface area contributed by atoms with E-state index in [9.17, 15) is 29.4 Å². The number of carboxylic acids is 4. The van der Waals surface area contributed by atoms with Gasteiger partial charge in [-0.25, -0.2) is 0 Å². The smallest absolute Gasteiger partial charge is 0.317 e. The molecule has 1 rings (SSSR count). The minimum absolute atomic E-state index is 0.229. The van der Waals surface area contributed by atoms with Crippen molar-refractivity contribution >= 4 is 23.9 Å². The van der Waals surface area contributed by atoms with E-state index in [0.717, 1.165) is 0 Å². The van der Waals surface area contributed by atoms with Crippen molar-refractivity contribution in [3.05, 3.63) is 0 Å². The summed E-state index contributed by atoms with van der Waals surface area (Å²) in [5.41, 5.74) is -2.74. The second-order valence-corrected chi connectivity index (χ2v) is 6.01. The number of hydrogen-bond donors (Lipinski definition) is 6. The maximum atomic E-state index is 11.4. The average Bonchev–Trinajstić information content (AvgIpc) is 2.44. The van der Waals surface area contributed by atoms with Crippen LogP contribution in [0.1, 0.15) is 38.5 Å². The Labute approximate surface area is 137 Å². The lowest BCUT2D eigenvalue weighted by molar-refractivity contribution is -0.147. The lowest BCUT2D eigenvalue weighted by Gasteiger charge is -2.53. The van der Waals surface area contributed by atoms with Crippen LogP contribution in [0.25, 0.3) is 0 Å². The Morgan fingerprint density at radius 3 is 1.25 bits per heavy atom. The van der Waals surface area contributed by atoms with Gasteiger partial charge in [0.25, 0.3) is 0 Å². The average molecular weight is 346 g/mol. The summed E-state index contributed by atoms with van der Waals surface area (Å²) in [7, 11) is 0. The van der Waals surface area contributed by atoms with Gasteiger partial charge in [0.15, 0.2) is 0 Å². The van der Waals surface area contributed by atoms with Gasteiger partial charge in [0.2, 0.25) is 0 Å². The molecule has 10 nitrogen and oxygen atoms in total. The fraction of sp³-hybridized carbons (Fsp3) is 0.714. The van der Waals surface area contributed by atoms with Crippen LogP contribution in [0.3, 0.4) is 0 Å². The minimum Gasteiger partial charge on any atom is -0.481 e. The van der Waals surface area contributed by atoms with Gasteiger partial charge in [-0.3, -0.25) is 29.8 Å². The number of carboxylic acid groups (broad SMARTS) is 4. The van der Waals surface area contributed by atoms with Gasteiger partial charge in [-0.1, -0.05) is 12.8 Å². The van der Waals surface area contributed by atoms with Crippen molar-refractivity contribution in [2.24, 2.45) is 0 Å². The first-order valence-corrected chi connectivity index (χ1v) is 7.50. The van der Waals surface area contributed by atoms with E-state index in [1.165, 1.54) is 0 Å². The summed E-state index contributed by atoms with van der Waals surface area (Å²) in [6, 6.07) is 0. The van der Waals surface area contributed by atoms with Gasteiger partial charge in [-0.15, -0.1) is 0 Å². The third-order valence-corrected chi connectivity index (χ3v) is 4.44. The second kappa shape index (κ2) is 8.06. The Morgan fingerprint density at radius 2 is 1.00 bits per heavy atom. The predicted molar refractivity (Wildman–Crippen MR) is 79.7 cm³/mol. The number of rotatable bonds is 10. The van der Waals surface area contributed by atoms with E-state index in [1.807, 2.05) is 0 Å². The van der Waals surface area contributed by atoms with Crippen LogP contribution in [-0.4, -0.2) is 68.5 Å². The SMILES string of the molecule is O=C(O)CN[C@]1(CC(=O)O)CCCC[C@@]1(CC(=O)O)NCC(=O)O. The molecule has 0 unspecified atom stereocenters. The molecule has 0 spiro atoms. The highest BCUT2D eigenvalue weighted by molar-refractivity contribution is 5.74. The molecule has 1 saturated carbocycles. The van der Waals surface area contributed by atoms with Gasteiger partial charge < -0.3 is 20.4 Å². The zero-order chi connectivity index (χ0) is 18.4. The van der Waals surface area contributed by atoms with Gasteiger partial charge in [0.05, 0.1) is 25.9 Å². The second-order valence-electron chi connectivity index (χ2n) is 6.01. The van der Waals surface area contributed by atoms with E-state index in [1.54, 1.807) is 0 Å². The molecule has 0 aromatic rings. The van der Waals surface area contributed by atoms with Crippen molar-refractivity contribution in [2.45, 2.75) is 49.6 Å². The molecule has 0 radical (unpaired) electrons. The van der Waals surface area contributed by atoms with E-state index in [-0.39, 0.29) is 12.8 Å². The highest BCUT2D eigenvalue weighted by atomic mass is 16.4. The third-order valence-electron chi connectivity index (χ3n) is 4.44. The van der Waals surface area contributed by atoms with Crippen LogP contribution in [0.15, 0.2) is 0 Å². The molecule has 1 aliphatic carbocycles. The Hall–Kier alpha value is -2.20. The maximum absolute atomic E-state index is 11.4. The van der Waals surface area contributed by atoms with Crippen molar-refractivity contribution in [2.75, 3.05) is 13.1 Å². The Bertz CT molecular complexity index is 477. The number of hydrogen-bond acceptors (Lipinski definition) is 6. The van der Waals surface area contributed by atoms with Gasteiger partial charge in [0.1, 0.15) is 0 Å². The molecular weight excluding hydrogens is 324 g/mol. The first kappa shape index (κ1) is 19.8. The van der Waals surface area contributed by atoms with Crippen LogP contribution in [0.4, 0.5) is 0 Å². The lowest BCUT2D eigenvalue weighted by Crippen LogP contribution is -2.72. The fourth-order valence-corrected chi connectivity index (χ4v) is 3.49. The summed E-state index contributed by atoms with van der Waals surface area (Å²) in [6.45, 7) is -1.10. The van der Waals surface area contributed by atoms with Crippen molar-refractivity contribution in [3.63, 3.8) is 0 Å². The first-order valence-electron chi connectivity index (χ1n) is 7.50. The number of aliphatic carboxylic acids is 4. The summed E-state index contributed by atoms with van der Waals surface area (Å²) in [5, 5.41) is 41.7. The summed E-state index contributed by atoms with van der Waals surface area (Å²) in [5.74, 6) is -4.87. The van der Waals surface area contributed by atoms with Gasteiger partial charge in [-0.05, 0) is 12.8 Å². The van der Waals surface area contributed by atoms with E-state index >= 15 is 0 Å². The van der Waals surface area contributed by atoms with Crippen molar-refractivity contribution in [1.82, 2.24) is 10.6 Å². The van der Waals surface area contributed by atoms with E-state index in [0.29, 0.717) is 12.8 Å². The molecule has 24 heavy (non-hydrogen) atoms. The first-order chi connectivity index (χ1) is 11.1. The molecule has 1 aliphatic rings. The highest BCUT2D eigenvalue weighted by Crippen LogP contribution is 2.42. The van der Waals surface area contributed by atoms with Crippen LogP contribution >= 0.6 is 0 Å². The maximum Gasteiger partial charge on any atom is 0.317 e. The van der Waals surface area contributed by atoms with Crippen molar-refractivity contribution in [3.8, 4) is 0 Å². The zero-order valence-electron chi connectivity index (χ0n) is 13.1. The Kier molecular flexibility index (Phi) is 6.67. The fourth-order valence-electron chi connectivity index (χ4n) is 3.49. The van der Waals surface area contributed by atoms with Gasteiger partial charge in [0, 0.05) is 11.1 Å². The molecule has 10 heteroatoms. The normalized spacial score (nSPS) is 26.7. The molecule has 1 fully saturated rings. The molecule has 2 atom stereocenters. The van der Waals surface area contributed by atoms with Crippen molar-refractivity contribution in [1.29, 1.82) is 0 Å². The summed E-state index contributed by atoms with van der Waals surface area (Å²) < 4.78 is 0. The molecule has 0 bridgehead atoms. The number of nitrogens with one attached hydrogen (secondary N) is 2. The monoisotopic (exact) mass is 346 g/mol. The summed E-state index contributed by atoms with van der Waals surface area (Å²) in [4.78, 5) is 44.6. The van der Waals surface area contributed by atoms with E-state index < -0.39 is 60.9 Å². The largest absolute Gasteiger partial charge is 0.481 e. The molecule has 0 saturated heterocycles. The quantitative estimate of drug-likeness (QED) is 0.298. The number of carbonyl (C=O) groups is 4. The molecule has 136 valence electrons. The van der Waals surface area contributed by atoms with Crippen LogP contribution in [0.2, 0.25) is 0 Å². The van der Waals surface area contributed by atoms with E-state index in [4.69, 9.17) is 10.2 Å². The van der Waals surface area contributed by atoms with Gasteiger partial charge in [-0.2, -0.15) is 0 Å². The lowest BCUT2D eigenvalue weighted by atomic mass is 9.63. The highest BCUT2D eigenvalue weighted by Gasteiger charge is 2.54. The summed E-state index contributed by atoms with van der Waals surface area (Å²) in [6.07, 6.45) is 0.589. The van der Waals surface area contributed by atoms with Crippen molar-refractivity contribution < 1.29 is 39.6 Å². The Balaban J connectivity index is 3.30. The van der Waals surface area contributed by atoms with E-state index in [2.05, 4.69) is 10.6 Å². The Morgan fingerprint density at radius 1 is 0.667 bits per heavy atom. The van der Waals surface area contributed by atoms with Gasteiger partial charge >= 0.3 is 23.9 Å². The molecule has 0 heterocycles. The molecule has 0 aromatic heterocycles. The topological polar surface area (TPSA) is 173 Å². The molecular formula is C14H22N2O8. The molecule has 0 amide bonds. The molecule has 0 aliphatic heterocycles. The molecule has 6 N–H and O–H groups in total. The van der Waals surface area contributed by atoms with Crippen LogP contribution in [0.5, 0.6) is 0 Å². The standard InChI is InChI=1S/C14H22N2O8/c17-9(18)5-13(15-7-11(21)22)3-1-2-4-14(13,6-10(19)20)16-8-12(23)24/h15-16H,1-8H2,(H,17,18)(H,19,20)(H,21,22)(H,23,24)/t13-,14-/m0/s1. The molecule has 0 aromatic carbocycles. The van der Waals surface area contributed by atoms with Crippen LogP contribution in [0, 0.1) is 0 Å². The summed E-state index contributed by atoms with van der Waals surface area (Å²) >= 11 is 0. The van der Waals surface area contributed by atoms with Crippen LogP contribution < -0.4 is 10.6 Å². The van der Waals surface area contributed by atoms with Crippen LogP contribution in [-0.2, 0) is 19.2 Å². The predicted octanol–water partition coefficient (Wildman–Crippen LogP) is -0.664. The zero-order valence-corrected chi connectivity index (χ0v) is 13.1.